The van der Waals surface area contributed by atoms with Crippen molar-refractivity contribution < 1.29 is 8.42 Å². The fourth-order valence-corrected chi connectivity index (χ4v) is 4.95. The molecule has 156 valence electrons. The molecule has 0 aliphatic carbocycles. The molecule has 0 unspecified atom stereocenters. The van der Waals surface area contributed by atoms with Gasteiger partial charge in [-0.3, -0.25) is 4.68 Å². The Balaban J connectivity index is 1.50. The molecule has 0 aromatic carbocycles. The largest absolute Gasteiger partial charge is 0.320 e. The number of hydrogen-bond acceptors (Lipinski definition) is 7. The van der Waals surface area contributed by atoms with Crippen LogP contribution in [0.1, 0.15) is 25.8 Å². The van der Waals surface area contributed by atoms with Crippen LogP contribution < -0.4 is 5.32 Å². The van der Waals surface area contributed by atoms with E-state index in [0.717, 1.165) is 0 Å². The lowest BCUT2D eigenvalue weighted by atomic mass is 10.1. The van der Waals surface area contributed by atoms with Crippen LogP contribution in [-0.4, -0.2) is 61.1 Å². The van der Waals surface area contributed by atoms with E-state index >= 15 is 0 Å². The lowest BCUT2D eigenvalue weighted by molar-refractivity contribution is 0.261. The van der Waals surface area contributed by atoms with Gasteiger partial charge in [-0.2, -0.15) is 15.2 Å². The van der Waals surface area contributed by atoms with Crippen LogP contribution in [0.25, 0.3) is 11.0 Å². The number of halogens is 2. The summed E-state index contributed by atoms with van der Waals surface area (Å²) in [4.78, 5) is 8.68. The van der Waals surface area contributed by atoms with Crippen LogP contribution in [0, 0.1) is 0 Å². The standard InChI is InChI=1S/C16H20Cl2N8O2S/c1-3-29(27,28)25-6-4-10(5-7-25)26-9-12(14(18)23-26)20-16-19-8-11-13(17)22-24(2)15(11)21-16/h8-10H,3-7H2,1-2H3,(H,19,20,21). The number of fused-ring (bicyclic) bond motifs is 1. The van der Waals surface area contributed by atoms with Crippen molar-refractivity contribution in [3.8, 4) is 0 Å². The molecule has 3 aromatic rings. The summed E-state index contributed by atoms with van der Waals surface area (Å²) in [5.41, 5.74) is 1.17. The first-order valence-corrected chi connectivity index (χ1v) is 11.5. The lowest BCUT2D eigenvalue weighted by Gasteiger charge is -2.30. The molecule has 29 heavy (non-hydrogen) atoms. The molecule has 0 bridgehead atoms. The van der Waals surface area contributed by atoms with E-state index in [1.807, 2.05) is 0 Å². The molecule has 0 amide bonds. The van der Waals surface area contributed by atoms with Crippen LogP contribution in [0.2, 0.25) is 10.3 Å². The quantitative estimate of drug-likeness (QED) is 0.624. The second-order valence-corrected chi connectivity index (χ2v) is 9.79. The van der Waals surface area contributed by atoms with Crippen LogP contribution in [0.15, 0.2) is 12.4 Å². The number of piperidine rings is 1. The zero-order chi connectivity index (χ0) is 20.8. The monoisotopic (exact) mass is 458 g/mol. The normalized spacial score (nSPS) is 16.6. The second kappa shape index (κ2) is 7.71. The van der Waals surface area contributed by atoms with Crippen LogP contribution in [0.5, 0.6) is 0 Å². The Hall–Kier alpha value is -1.95. The Morgan fingerprint density at radius 3 is 2.62 bits per heavy atom. The highest BCUT2D eigenvalue weighted by Crippen LogP contribution is 2.30. The molecule has 1 saturated heterocycles. The maximum atomic E-state index is 12.0. The number of aryl methyl sites for hydroxylation is 1. The van der Waals surface area contributed by atoms with Gasteiger partial charge in [0.05, 0.1) is 29.1 Å². The van der Waals surface area contributed by atoms with E-state index in [4.69, 9.17) is 23.2 Å². The molecule has 0 saturated carbocycles. The molecule has 0 spiro atoms. The summed E-state index contributed by atoms with van der Waals surface area (Å²) >= 11 is 12.3. The lowest BCUT2D eigenvalue weighted by Crippen LogP contribution is -2.39. The zero-order valence-corrected chi connectivity index (χ0v) is 18.2. The average Bonchev–Trinajstić information content (AvgIpc) is 3.21. The molecule has 1 N–H and O–H groups in total. The van der Waals surface area contributed by atoms with Crippen molar-refractivity contribution in [2.45, 2.75) is 25.8 Å². The zero-order valence-electron chi connectivity index (χ0n) is 15.9. The molecule has 10 nitrogen and oxygen atoms in total. The average molecular weight is 459 g/mol. The van der Waals surface area contributed by atoms with Gasteiger partial charge in [0, 0.05) is 26.3 Å². The van der Waals surface area contributed by atoms with Crippen molar-refractivity contribution in [2.75, 3.05) is 24.2 Å². The van der Waals surface area contributed by atoms with Crippen molar-refractivity contribution in [3.63, 3.8) is 0 Å². The van der Waals surface area contributed by atoms with E-state index in [9.17, 15) is 8.42 Å². The topological polar surface area (TPSA) is 111 Å². The number of nitrogens with one attached hydrogen (secondary N) is 1. The van der Waals surface area contributed by atoms with Crippen molar-refractivity contribution in [2.24, 2.45) is 7.05 Å². The molecule has 4 heterocycles. The van der Waals surface area contributed by atoms with Gasteiger partial charge >= 0.3 is 0 Å². The molecule has 1 fully saturated rings. The van der Waals surface area contributed by atoms with E-state index in [2.05, 4.69) is 25.5 Å². The van der Waals surface area contributed by atoms with E-state index in [1.54, 1.807) is 35.7 Å². The molecule has 1 aliphatic heterocycles. The van der Waals surface area contributed by atoms with Gasteiger partial charge in [-0.25, -0.2) is 22.4 Å². The summed E-state index contributed by atoms with van der Waals surface area (Å²) in [6.07, 6.45) is 4.74. The number of hydrogen-bond donors (Lipinski definition) is 1. The SMILES string of the molecule is CCS(=O)(=O)N1CCC(n2cc(Nc3ncc4c(Cl)nn(C)c4n3)c(Cl)n2)CC1. The number of aromatic nitrogens is 6. The van der Waals surface area contributed by atoms with E-state index < -0.39 is 10.0 Å². The van der Waals surface area contributed by atoms with Crippen molar-refractivity contribution in [3.05, 3.63) is 22.7 Å². The molecule has 1 aliphatic rings. The van der Waals surface area contributed by atoms with Crippen LogP contribution in [0.4, 0.5) is 11.6 Å². The summed E-state index contributed by atoms with van der Waals surface area (Å²) in [7, 11) is -1.41. The van der Waals surface area contributed by atoms with Crippen LogP contribution >= 0.6 is 23.2 Å². The summed E-state index contributed by atoms with van der Waals surface area (Å²) in [5, 5.41) is 12.9. The van der Waals surface area contributed by atoms with Gasteiger partial charge in [0.2, 0.25) is 16.0 Å². The van der Waals surface area contributed by atoms with E-state index in [-0.39, 0.29) is 11.8 Å². The highest BCUT2D eigenvalue weighted by molar-refractivity contribution is 7.89. The van der Waals surface area contributed by atoms with Gasteiger partial charge < -0.3 is 5.32 Å². The minimum atomic E-state index is -3.16. The highest BCUT2D eigenvalue weighted by Gasteiger charge is 2.28. The molecular weight excluding hydrogens is 439 g/mol. The predicted molar refractivity (Wildman–Crippen MR) is 111 cm³/mol. The molecule has 0 atom stereocenters. The first-order chi connectivity index (χ1) is 13.8. The summed E-state index contributed by atoms with van der Waals surface area (Å²) < 4.78 is 28.9. The van der Waals surface area contributed by atoms with E-state index in [1.165, 1.54) is 4.31 Å². The van der Waals surface area contributed by atoms with Gasteiger partial charge in [-0.1, -0.05) is 23.2 Å². The number of nitrogens with zero attached hydrogens (tertiary/aromatic N) is 7. The van der Waals surface area contributed by atoms with Gasteiger partial charge in [-0.05, 0) is 19.8 Å². The molecule has 4 rings (SSSR count). The maximum Gasteiger partial charge on any atom is 0.229 e. The maximum absolute atomic E-state index is 12.0. The Morgan fingerprint density at radius 2 is 1.93 bits per heavy atom. The summed E-state index contributed by atoms with van der Waals surface area (Å²) in [6.45, 7) is 2.61. The van der Waals surface area contributed by atoms with Gasteiger partial charge in [0.25, 0.3) is 0 Å². The Labute approximate surface area is 177 Å². The smallest absolute Gasteiger partial charge is 0.229 e. The molecule has 13 heteroatoms. The molecular formula is C16H20Cl2N8O2S. The summed E-state index contributed by atoms with van der Waals surface area (Å²) in [5.74, 6) is 0.466. The van der Waals surface area contributed by atoms with Crippen LogP contribution in [0.3, 0.4) is 0 Å². The first kappa shape index (κ1) is 20.3. The minimum Gasteiger partial charge on any atom is -0.320 e. The molecule has 3 aromatic heterocycles. The fraction of sp³-hybridized carbons (Fsp3) is 0.500. The predicted octanol–water partition coefficient (Wildman–Crippen LogP) is 2.60. The second-order valence-electron chi connectivity index (χ2n) is 6.81. The minimum absolute atomic E-state index is 0.0747. The summed E-state index contributed by atoms with van der Waals surface area (Å²) in [6, 6.07) is 0.0747. The Kier molecular flexibility index (Phi) is 5.40. The van der Waals surface area contributed by atoms with E-state index in [0.29, 0.717) is 58.9 Å². The third-order valence-corrected chi connectivity index (χ3v) is 7.46. The van der Waals surface area contributed by atoms with Crippen molar-refractivity contribution >= 4 is 55.9 Å². The number of rotatable bonds is 5. The fourth-order valence-electron chi connectivity index (χ4n) is 3.39. The number of sulfonamides is 1. The van der Waals surface area contributed by atoms with Crippen molar-refractivity contribution in [1.82, 2.24) is 33.8 Å². The first-order valence-electron chi connectivity index (χ1n) is 9.13. The third-order valence-electron chi connectivity index (χ3n) is 5.02. The Morgan fingerprint density at radius 1 is 1.21 bits per heavy atom. The third kappa shape index (κ3) is 3.91. The number of anilines is 2. The Bertz CT molecular complexity index is 1150. The molecule has 0 radical (unpaired) electrons. The van der Waals surface area contributed by atoms with Crippen LogP contribution in [-0.2, 0) is 17.1 Å². The van der Waals surface area contributed by atoms with Crippen molar-refractivity contribution in [1.29, 1.82) is 0 Å². The van der Waals surface area contributed by atoms with Gasteiger partial charge in [-0.15, -0.1) is 0 Å². The van der Waals surface area contributed by atoms with Gasteiger partial charge in [0.15, 0.2) is 16.0 Å². The van der Waals surface area contributed by atoms with Gasteiger partial charge in [0.1, 0.15) is 0 Å². The highest BCUT2D eigenvalue weighted by atomic mass is 35.5.